The van der Waals surface area contributed by atoms with Gasteiger partial charge in [-0.3, -0.25) is 4.90 Å². The molecule has 1 aromatic rings. The Labute approximate surface area is 127 Å². The van der Waals surface area contributed by atoms with Gasteiger partial charge >= 0.3 is 0 Å². The molecule has 1 N–H and O–H groups in total. The molecule has 0 amide bonds. The summed E-state index contributed by atoms with van der Waals surface area (Å²) in [7, 11) is 0. The molecule has 1 aromatic heterocycles. The molecule has 1 saturated heterocycles. The maximum Gasteiger partial charge on any atom is 0.135 e. The Hall–Kier alpha value is -1.20. The van der Waals surface area contributed by atoms with Crippen LogP contribution in [-0.4, -0.2) is 58.3 Å². The molecular formula is C16H26N4O. The third-order valence-corrected chi connectivity index (χ3v) is 4.38. The van der Waals surface area contributed by atoms with Crippen molar-refractivity contribution in [2.75, 3.05) is 37.6 Å². The molecule has 116 valence electrons. The number of aromatic nitrogens is 2. The topological polar surface area (TPSA) is 52.5 Å². The van der Waals surface area contributed by atoms with E-state index in [0.717, 1.165) is 51.4 Å². The van der Waals surface area contributed by atoms with Gasteiger partial charge in [0.15, 0.2) is 0 Å². The zero-order valence-electron chi connectivity index (χ0n) is 13.2. The second-order valence-electron chi connectivity index (χ2n) is 6.91. The highest BCUT2D eigenvalue weighted by atomic mass is 16.3. The van der Waals surface area contributed by atoms with Crippen LogP contribution in [0.3, 0.4) is 0 Å². The molecule has 1 aliphatic carbocycles. The summed E-state index contributed by atoms with van der Waals surface area (Å²) in [6, 6.07) is 0. The van der Waals surface area contributed by atoms with Gasteiger partial charge in [-0.25, -0.2) is 9.97 Å². The molecule has 0 spiro atoms. The Morgan fingerprint density at radius 3 is 2.52 bits per heavy atom. The van der Waals surface area contributed by atoms with E-state index in [0.29, 0.717) is 0 Å². The van der Waals surface area contributed by atoms with Gasteiger partial charge in [0, 0.05) is 44.0 Å². The second-order valence-corrected chi connectivity index (χ2v) is 6.91. The minimum atomic E-state index is -0.615. The van der Waals surface area contributed by atoms with Gasteiger partial charge in [0.2, 0.25) is 0 Å². The number of fused-ring (bicyclic) bond motifs is 1. The molecule has 0 atom stereocenters. The Bertz CT molecular complexity index is 490. The van der Waals surface area contributed by atoms with E-state index in [1.165, 1.54) is 24.1 Å². The van der Waals surface area contributed by atoms with Crippen LogP contribution < -0.4 is 4.90 Å². The number of hydrogen-bond donors (Lipinski definition) is 1. The molecule has 21 heavy (non-hydrogen) atoms. The molecule has 2 heterocycles. The van der Waals surface area contributed by atoms with Crippen molar-refractivity contribution < 1.29 is 5.11 Å². The fourth-order valence-corrected chi connectivity index (χ4v) is 3.44. The van der Waals surface area contributed by atoms with Crippen molar-refractivity contribution in [1.82, 2.24) is 14.9 Å². The van der Waals surface area contributed by atoms with Gasteiger partial charge in [0.1, 0.15) is 12.1 Å². The highest BCUT2D eigenvalue weighted by molar-refractivity contribution is 5.50. The largest absolute Gasteiger partial charge is 0.389 e. The van der Waals surface area contributed by atoms with Gasteiger partial charge in [0.25, 0.3) is 0 Å². The van der Waals surface area contributed by atoms with E-state index >= 15 is 0 Å². The van der Waals surface area contributed by atoms with E-state index in [9.17, 15) is 5.11 Å². The lowest BCUT2D eigenvalue weighted by molar-refractivity contribution is 0.0344. The molecular weight excluding hydrogens is 264 g/mol. The molecule has 0 aromatic carbocycles. The SMILES string of the molecule is CC(C)(O)CN1CCN(c2ncnc3c2CCCC3)CC1. The van der Waals surface area contributed by atoms with Crippen LogP contribution in [0.2, 0.25) is 0 Å². The van der Waals surface area contributed by atoms with Crippen LogP contribution in [0.5, 0.6) is 0 Å². The third kappa shape index (κ3) is 3.52. The first-order chi connectivity index (χ1) is 10.0. The van der Waals surface area contributed by atoms with E-state index < -0.39 is 5.60 Å². The summed E-state index contributed by atoms with van der Waals surface area (Å²) < 4.78 is 0. The Morgan fingerprint density at radius 1 is 1.10 bits per heavy atom. The molecule has 0 radical (unpaired) electrons. The van der Waals surface area contributed by atoms with Gasteiger partial charge in [-0.2, -0.15) is 0 Å². The van der Waals surface area contributed by atoms with Gasteiger partial charge in [-0.1, -0.05) is 0 Å². The summed E-state index contributed by atoms with van der Waals surface area (Å²) in [5, 5.41) is 9.94. The summed E-state index contributed by atoms with van der Waals surface area (Å²) in [4.78, 5) is 13.8. The van der Waals surface area contributed by atoms with Crippen LogP contribution in [0.25, 0.3) is 0 Å². The van der Waals surface area contributed by atoms with Gasteiger partial charge in [-0.05, 0) is 39.5 Å². The lowest BCUT2D eigenvalue weighted by Crippen LogP contribution is -2.51. The summed E-state index contributed by atoms with van der Waals surface area (Å²) in [6.07, 6.45) is 6.45. The monoisotopic (exact) mass is 290 g/mol. The van der Waals surface area contributed by atoms with E-state index in [1.807, 2.05) is 13.8 Å². The van der Waals surface area contributed by atoms with E-state index in [4.69, 9.17) is 0 Å². The van der Waals surface area contributed by atoms with E-state index in [-0.39, 0.29) is 0 Å². The first-order valence-corrected chi connectivity index (χ1v) is 8.05. The van der Waals surface area contributed by atoms with Crippen LogP contribution in [-0.2, 0) is 12.8 Å². The first kappa shape index (κ1) is 14.7. The maximum atomic E-state index is 9.94. The van der Waals surface area contributed by atoms with Crippen LogP contribution in [0.15, 0.2) is 6.33 Å². The molecule has 0 unspecified atom stereocenters. The van der Waals surface area contributed by atoms with Crippen molar-refractivity contribution in [1.29, 1.82) is 0 Å². The fraction of sp³-hybridized carbons (Fsp3) is 0.750. The standard InChI is InChI=1S/C16H26N4O/c1-16(2,21)11-19-7-9-20(10-8-19)15-13-5-3-4-6-14(13)17-12-18-15/h12,21H,3-11H2,1-2H3. The molecule has 0 saturated carbocycles. The zero-order valence-corrected chi connectivity index (χ0v) is 13.2. The molecule has 5 nitrogen and oxygen atoms in total. The zero-order chi connectivity index (χ0) is 14.9. The number of rotatable bonds is 3. The Balaban J connectivity index is 1.67. The number of anilines is 1. The molecule has 1 fully saturated rings. The minimum absolute atomic E-state index is 0.615. The van der Waals surface area contributed by atoms with Crippen molar-refractivity contribution in [2.24, 2.45) is 0 Å². The number of piperazine rings is 1. The normalized spacial score (nSPS) is 20.4. The highest BCUT2D eigenvalue weighted by Crippen LogP contribution is 2.27. The van der Waals surface area contributed by atoms with Crippen molar-refractivity contribution >= 4 is 5.82 Å². The van der Waals surface area contributed by atoms with Crippen molar-refractivity contribution in [2.45, 2.75) is 45.1 Å². The number of hydrogen-bond acceptors (Lipinski definition) is 5. The Morgan fingerprint density at radius 2 is 1.81 bits per heavy atom. The summed E-state index contributed by atoms with van der Waals surface area (Å²) in [5.41, 5.74) is 2.01. The summed E-state index contributed by atoms with van der Waals surface area (Å²) in [5.74, 6) is 1.16. The lowest BCUT2D eigenvalue weighted by Gasteiger charge is -2.38. The number of aryl methyl sites for hydroxylation is 1. The van der Waals surface area contributed by atoms with Crippen molar-refractivity contribution in [3.63, 3.8) is 0 Å². The molecule has 5 heteroatoms. The highest BCUT2D eigenvalue weighted by Gasteiger charge is 2.25. The fourth-order valence-electron chi connectivity index (χ4n) is 3.44. The third-order valence-electron chi connectivity index (χ3n) is 4.38. The van der Waals surface area contributed by atoms with E-state index in [1.54, 1.807) is 6.33 Å². The van der Waals surface area contributed by atoms with Crippen molar-refractivity contribution in [3.8, 4) is 0 Å². The summed E-state index contributed by atoms with van der Waals surface area (Å²) in [6.45, 7) is 8.44. The van der Waals surface area contributed by atoms with Gasteiger partial charge in [-0.15, -0.1) is 0 Å². The average molecular weight is 290 g/mol. The molecule has 2 aliphatic rings. The predicted molar refractivity (Wildman–Crippen MR) is 83.6 cm³/mol. The Kier molecular flexibility index (Phi) is 4.13. The maximum absolute atomic E-state index is 9.94. The molecule has 1 aliphatic heterocycles. The van der Waals surface area contributed by atoms with Crippen LogP contribution >= 0.6 is 0 Å². The minimum Gasteiger partial charge on any atom is -0.389 e. The van der Waals surface area contributed by atoms with Crippen LogP contribution in [0.1, 0.15) is 37.9 Å². The molecule has 3 rings (SSSR count). The summed E-state index contributed by atoms with van der Waals surface area (Å²) >= 11 is 0. The van der Waals surface area contributed by atoms with Gasteiger partial charge < -0.3 is 10.0 Å². The van der Waals surface area contributed by atoms with Crippen LogP contribution in [0, 0.1) is 0 Å². The second kappa shape index (κ2) is 5.89. The molecule has 0 bridgehead atoms. The lowest BCUT2D eigenvalue weighted by atomic mass is 9.96. The number of β-amino-alcohol motifs (C(OH)–C–C–N with tert-alkyl or cyclic N) is 1. The average Bonchev–Trinajstić information content (AvgIpc) is 2.46. The van der Waals surface area contributed by atoms with Crippen molar-refractivity contribution in [3.05, 3.63) is 17.6 Å². The first-order valence-electron chi connectivity index (χ1n) is 8.05. The number of aliphatic hydroxyl groups is 1. The van der Waals surface area contributed by atoms with Crippen LogP contribution in [0.4, 0.5) is 5.82 Å². The quantitative estimate of drug-likeness (QED) is 0.908. The predicted octanol–water partition coefficient (Wildman–Crippen LogP) is 1.25. The number of nitrogens with zero attached hydrogens (tertiary/aromatic N) is 4. The van der Waals surface area contributed by atoms with Gasteiger partial charge in [0.05, 0.1) is 5.60 Å². The smallest absolute Gasteiger partial charge is 0.135 e. The van der Waals surface area contributed by atoms with E-state index in [2.05, 4.69) is 19.8 Å².